The second-order valence-electron chi connectivity index (χ2n) is 8.93. The largest absolute Gasteiger partial charge is 0.372 e. The number of carbonyl (C=O) groups excluding carboxylic acids is 1. The fourth-order valence-electron chi connectivity index (χ4n) is 3.91. The number of pyridine rings is 1. The molecule has 0 aliphatic carbocycles. The lowest BCUT2D eigenvalue weighted by atomic mass is 9.95. The van der Waals surface area contributed by atoms with Gasteiger partial charge in [0.25, 0.3) is 0 Å². The summed E-state index contributed by atoms with van der Waals surface area (Å²) in [6.07, 6.45) is 9.71. The summed E-state index contributed by atoms with van der Waals surface area (Å²) in [5, 5.41) is 3.14. The van der Waals surface area contributed by atoms with Gasteiger partial charge in [-0.05, 0) is 49.6 Å². The fraction of sp³-hybridized carbons (Fsp3) is 0.481. The number of carbonyl (C=O) groups is 1. The summed E-state index contributed by atoms with van der Waals surface area (Å²) in [5.74, 6) is 2.00. The number of hydrogen-bond donors (Lipinski definition) is 1. The van der Waals surface area contributed by atoms with Crippen molar-refractivity contribution in [1.29, 1.82) is 0 Å². The predicted octanol–water partition coefficient (Wildman–Crippen LogP) is 5.68. The van der Waals surface area contributed by atoms with Gasteiger partial charge in [-0.2, -0.15) is 4.57 Å². The Morgan fingerprint density at radius 2 is 1.76 bits per heavy atom. The van der Waals surface area contributed by atoms with Gasteiger partial charge in [-0.1, -0.05) is 47.6 Å². The topological polar surface area (TPSA) is 36.2 Å². The molecule has 1 aliphatic rings. The van der Waals surface area contributed by atoms with Crippen LogP contribution in [0, 0.1) is 5.41 Å². The Morgan fingerprint density at radius 1 is 1.06 bits per heavy atom. The summed E-state index contributed by atoms with van der Waals surface area (Å²) in [6.45, 7) is 10.3. The molecule has 1 saturated heterocycles. The van der Waals surface area contributed by atoms with Crippen LogP contribution in [0.5, 0.6) is 0 Å². The minimum absolute atomic E-state index is 0.193. The highest BCUT2D eigenvalue weighted by molar-refractivity contribution is 8.77. The summed E-state index contributed by atoms with van der Waals surface area (Å²) in [5.41, 5.74) is 3.45. The van der Waals surface area contributed by atoms with Crippen molar-refractivity contribution in [1.82, 2.24) is 5.32 Å². The van der Waals surface area contributed by atoms with E-state index < -0.39 is 0 Å². The number of benzene rings is 1. The zero-order chi connectivity index (χ0) is 23.5. The van der Waals surface area contributed by atoms with E-state index in [9.17, 15) is 4.79 Å². The first-order valence-electron chi connectivity index (χ1n) is 12.1. The first-order chi connectivity index (χ1) is 16.1. The second-order valence-corrected chi connectivity index (χ2v) is 11.4. The lowest BCUT2D eigenvalue weighted by molar-refractivity contribution is -0.698. The van der Waals surface area contributed by atoms with Crippen LogP contribution in [0.3, 0.4) is 0 Å². The number of nitrogens with one attached hydrogen (secondary N) is 1. The quantitative estimate of drug-likeness (QED) is 0.239. The number of rotatable bonds is 12. The summed E-state index contributed by atoms with van der Waals surface area (Å²) in [4.78, 5) is 14.9. The molecule has 0 unspecified atom stereocenters. The van der Waals surface area contributed by atoms with Gasteiger partial charge >= 0.3 is 0 Å². The molecule has 33 heavy (non-hydrogen) atoms. The van der Waals surface area contributed by atoms with Gasteiger partial charge in [0, 0.05) is 61.5 Å². The normalized spacial score (nSPS) is 15.1. The average molecular weight is 485 g/mol. The van der Waals surface area contributed by atoms with Gasteiger partial charge in [-0.3, -0.25) is 4.79 Å². The number of nitrogens with zero attached hydrogens (tertiary/aromatic N) is 2. The Morgan fingerprint density at radius 3 is 2.42 bits per heavy atom. The molecule has 6 heteroatoms. The molecule has 3 rings (SSSR count). The van der Waals surface area contributed by atoms with Gasteiger partial charge in [0.2, 0.25) is 11.6 Å². The molecule has 1 amide bonds. The maximum Gasteiger partial charge on any atom is 0.227 e. The van der Waals surface area contributed by atoms with Crippen LogP contribution in [0.15, 0.2) is 48.7 Å². The van der Waals surface area contributed by atoms with Crippen molar-refractivity contribution in [2.75, 3.05) is 36.0 Å². The number of anilines is 1. The lowest BCUT2D eigenvalue weighted by Gasteiger charge is -2.23. The smallest absolute Gasteiger partial charge is 0.227 e. The zero-order valence-electron chi connectivity index (χ0n) is 20.3. The SMILES string of the molecule is CCCN(CCC)c1ccc(/C=C/c2cccc[n+]2CCCNC(=O)C2(C)CSSC2)cc1. The van der Waals surface area contributed by atoms with Crippen LogP contribution in [0.1, 0.15) is 51.3 Å². The highest BCUT2D eigenvalue weighted by atomic mass is 33.1. The molecular weight excluding hydrogens is 446 g/mol. The zero-order valence-corrected chi connectivity index (χ0v) is 21.9. The molecule has 0 saturated carbocycles. The van der Waals surface area contributed by atoms with E-state index in [2.05, 4.69) is 96.4 Å². The van der Waals surface area contributed by atoms with Crippen LogP contribution in [0.25, 0.3) is 12.2 Å². The summed E-state index contributed by atoms with van der Waals surface area (Å²) in [7, 11) is 3.60. The number of hydrogen-bond acceptors (Lipinski definition) is 4. The van der Waals surface area contributed by atoms with E-state index in [-0.39, 0.29) is 11.3 Å². The lowest BCUT2D eigenvalue weighted by Crippen LogP contribution is -2.43. The fourth-order valence-corrected chi connectivity index (χ4v) is 7.26. The second kappa shape index (κ2) is 13.1. The maximum absolute atomic E-state index is 12.5. The Bertz CT molecular complexity index is 902. The highest BCUT2D eigenvalue weighted by Gasteiger charge is 2.37. The van der Waals surface area contributed by atoms with Crippen LogP contribution < -0.4 is 14.8 Å². The van der Waals surface area contributed by atoms with Crippen molar-refractivity contribution in [2.24, 2.45) is 5.41 Å². The molecule has 1 aliphatic heterocycles. The summed E-state index contributed by atoms with van der Waals surface area (Å²) >= 11 is 0. The molecular formula is C27H38N3OS2+. The molecule has 0 spiro atoms. The number of aromatic nitrogens is 1. The van der Waals surface area contributed by atoms with Gasteiger partial charge < -0.3 is 10.2 Å². The molecule has 0 radical (unpaired) electrons. The van der Waals surface area contributed by atoms with Crippen molar-refractivity contribution in [3.8, 4) is 0 Å². The summed E-state index contributed by atoms with van der Waals surface area (Å²) < 4.78 is 2.25. The van der Waals surface area contributed by atoms with E-state index in [1.165, 1.54) is 16.9 Å². The molecule has 0 atom stereocenters. The molecule has 1 fully saturated rings. The van der Waals surface area contributed by atoms with Crippen LogP contribution in [0.2, 0.25) is 0 Å². The Kier molecular flexibility index (Phi) is 10.2. The van der Waals surface area contributed by atoms with Crippen molar-refractivity contribution >= 4 is 45.3 Å². The third-order valence-corrected chi connectivity index (χ3v) is 8.80. The van der Waals surface area contributed by atoms with Gasteiger partial charge in [-0.25, -0.2) is 0 Å². The highest BCUT2D eigenvalue weighted by Crippen LogP contribution is 2.42. The molecule has 1 aromatic heterocycles. The molecule has 2 heterocycles. The van der Waals surface area contributed by atoms with E-state index in [0.29, 0.717) is 6.54 Å². The van der Waals surface area contributed by atoms with Gasteiger partial charge in [0.05, 0.1) is 5.41 Å². The molecule has 4 nitrogen and oxygen atoms in total. The number of aryl methyl sites for hydroxylation is 1. The molecule has 1 aromatic carbocycles. The van der Waals surface area contributed by atoms with E-state index in [1.807, 2.05) is 0 Å². The van der Waals surface area contributed by atoms with Crippen LogP contribution >= 0.6 is 21.6 Å². The van der Waals surface area contributed by atoms with Gasteiger partial charge in [0.1, 0.15) is 0 Å². The monoisotopic (exact) mass is 484 g/mol. The first-order valence-corrected chi connectivity index (χ1v) is 14.6. The Labute approximate surface area is 207 Å². The van der Waals surface area contributed by atoms with Gasteiger partial charge in [-0.15, -0.1) is 0 Å². The van der Waals surface area contributed by atoms with Crippen LogP contribution in [0.4, 0.5) is 5.69 Å². The van der Waals surface area contributed by atoms with Crippen molar-refractivity contribution < 1.29 is 9.36 Å². The van der Waals surface area contributed by atoms with E-state index >= 15 is 0 Å². The van der Waals surface area contributed by atoms with Crippen LogP contribution in [-0.2, 0) is 11.3 Å². The Hall–Kier alpha value is -1.92. The molecule has 0 bridgehead atoms. The molecule has 178 valence electrons. The van der Waals surface area contributed by atoms with Crippen molar-refractivity contribution in [3.63, 3.8) is 0 Å². The third-order valence-electron chi connectivity index (χ3n) is 5.92. The van der Waals surface area contributed by atoms with E-state index in [4.69, 9.17) is 0 Å². The average Bonchev–Trinajstić information content (AvgIpc) is 3.29. The molecule has 2 aromatic rings. The van der Waals surface area contributed by atoms with Gasteiger partial charge in [0.15, 0.2) is 12.7 Å². The number of amides is 1. The predicted molar refractivity (Wildman–Crippen MR) is 145 cm³/mol. The standard InChI is InChI=1S/C27H37N3OS2/c1-4-17-29(18-5-2)25-14-11-23(12-15-25)10-13-24-9-6-7-19-30(24)20-8-16-28-26(31)27(3)21-32-33-22-27/h6-7,9-15,19H,4-5,8,16-18,20-22H2,1-3H3/p+1. The van der Waals surface area contributed by atoms with E-state index in [0.717, 1.165) is 50.4 Å². The molecule has 1 N–H and O–H groups in total. The maximum atomic E-state index is 12.5. The first kappa shape index (κ1) is 25.7. The summed E-state index contributed by atoms with van der Waals surface area (Å²) in [6, 6.07) is 15.1. The van der Waals surface area contributed by atoms with Crippen molar-refractivity contribution in [2.45, 2.75) is 46.6 Å². The van der Waals surface area contributed by atoms with Crippen LogP contribution in [-0.4, -0.2) is 37.0 Å². The minimum Gasteiger partial charge on any atom is -0.372 e. The van der Waals surface area contributed by atoms with Crippen molar-refractivity contribution in [3.05, 3.63) is 59.9 Å². The van der Waals surface area contributed by atoms with E-state index in [1.54, 1.807) is 21.6 Å². The Balaban J connectivity index is 1.55. The third kappa shape index (κ3) is 7.54. The minimum atomic E-state index is -0.219.